The summed E-state index contributed by atoms with van der Waals surface area (Å²) in [5.74, 6) is 0.133. The highest BCUT2D eigenvalue weighted by atomic mass is 16.5. The minimum atomic E-state index is -0.603. The second-order valence-electron chi connectivity index (χ2n) is 6.91. The zero-order valence-corrected chi connectivity index (χ0v) is 12.2. The van der Waals surface area contributed by atoms with Gasteiger partial charge < -0.3 is 15.2 Å². The molecule has 0 aliphatic carbocycles. The van der Waals surface area contributed by atoms with Crippen molar-refractivity contribution in [2.75, 3.05) is 19.6 Å². The van der Waals surface area contributed by atoms with Crippen molar-refractivity contribution in [1.29, 1.82) is 0 Å². The Morgan fingerprint density at radius 1 is 1.26 bits per heavy atom. The summed E-state index contributed by atoms with van der Waals surface area (Å²) in [4.78, 5) is 14.2. The first kappa shape index (κ1) is 14.3. The lowest BCUT2D eigenvalue weighted by molar-refractivity contribution is -0.147. The van der Waals surface area contributed by atoms with E-state index in [9.17, 15) is 15.1 Å². The Kier molecular flexibility index (Phi) is 3.39. The number of aliphatic hydroxyl groups is 1. The molecule has 5 heteroatoms. The summed E-state index contributed by atoms with van der Waals surface area (Å²) >= 11 is 0. The molecule has 2 rings (SSSR count). The highest BCUT2D eigenvalue weighted by Gasteiger charge is 2.52. The minimum Gasteiger partial charge on any atom is -0.509 e. The first-order valence-corrected chi connectivity index (χ1v) is 6.83. The maximum atomic E-state index is 12.4. The van der Waals surface area contributed by atoms with E-state index in [-0.39, 0.29) is 17.1 Å². The lowest BCUT2D eigenvalue weighted by Gasteiger charge is -2.45. The van der Waals surface area contributed by atoms with Crippen LogP contribution in [-0.2, 0) is 4.79 Å². The minimum absolute atomic E-state index is 0.0239. The summed E-state index contributed by atoms with van der Waals surface area (Å²) in [6.07, 6.45) is 1.16. The topological polar surface area (TPSA) is 64.0 Å². The summed E-state index contributed by atoms with van der Waals surface area (Å²) in [6.45, 7) is 9.50. The van der Waals surface area contributed by atoms with Crippen molar-refractivity contribution >= 4 is 5.91 Å². The molecule has 108 valence electrons. The third kappa shape index (κ3) is 2.37. The molecule has 0 bridgehead atoms. The van der Waals surface area contributed by atoms with Crippen molar-refractivity contribution in [2.24, 2.45) is 5.41 Å². The number of aliphatic hydroxyl groups excluding tert-OH is 1. The first-order chi connectivity index (χ1) is 8.67. The number of hydroxylamine groups is 2. The predicted octanol–water partition coefficient (Wildman–Crippen LogP) is 1.93. The van der Waals surface area contributed by atoms with Crippen molar-refractivity contribution < 1.29 is 15.1 Å². The van der Waals surface area contributed by atoms with Gasteiger partial charge in [0.2, 0.25) is 0 Å². The summed E-state index contributed by atoms with van der Waals surface area (Å²) in [5, 5.41) is 21.2. The van der Waals surface area contributed by atoms with Gasteiger partial charge in [0.1, 0.15) is 11.3 Å². The number of piperidine rings is 1. The van der Waals surface area contributed by atoms with Crippen LogP contribution in [0.4, 0.5) is 0 Å². The van der Waals surface area contributed by atoms with Gasteiger partial charge in [-0.25, -0.2) is 0 Å². The van der Waals surface area contributed by atoms with Gasteiger partial charge in [-0.2, -0.15) is 5.06 Å². The van der Waals surface area contributed by atoms with Gasteiger partial charge in [-0.05, 0) is 25.2 Å². The molecule has 1 amide bonds. The molecule has 0 radical (unpaired) electrons. The third-order valence-electron chi connectivity index (χ3n) is 4.08. The van der Waals surface area contributed by atoms with Crippen molar-refractivity contribution in [3.63, 3.8) is 0 Å². The molecule has 0 aromatic rings. The van der Waals surface area contributed by atoms with E-state index in [0.29, 0.717) is 38.0 Å². The van der Waals surface area contributed by atoms with E-state index in [0.717, 1.165) is 0 Å². The van der Waals surface area contributed by atoms with Crippen LogP contribution < -0.4 is 0 Å². The van der Waals surface area contributed by atoms with Crippen LogP contribution >= 0.6 is 0 Å². The van der Waals surface area contributed by atoms with Gasteiger partial charge in [-0.1, -0.05) is 20.8 Å². The van der Waals surface area contributed by atoms with Crippen LogP contribution in [0.15, 0.2) is 11.3 Å². The quantitative estimate of drug-likeness (QED) is 0.762. The molecule has 2 aliphatic heterocycles. The summed E-state index contributed by atoms with van der Waals surface area (Å²) in [7, 11) is 0. The van der Waals surface area contributed by atoms with Gasteiger partial charge in [0.25, 0.3) is 5.91 Å². The molecule has 0 aromatic heterocycles. The van der Waals surface area contributed by atoms with Crippen molar-refractivity contribution in [3.8, 4) is 0 Å². The highest BCUT2D eigenvalue weighted by Crippen LogP contribution is 2.42. The van der Waals surface area contributed by atoms with Crippen LogP contribution in [0.1, 0.15) is 40.5 Å². The van der Waals surface area contributed by atoms with E-state index in [1.54, 1.807) is 6.92 Å². The number of carbonyl (C=O) groups is 1. The third-order valence-corrected chi connectivity index (χ3v) is 4.08. The number of nitrogens with zero attached hydrogens (tertiary/aromatic N) is 2. The van der Waals surface area contributed by atoms with Crippen molar-refractivity contribution in [1.82, 2.24) is 9.96 Å². The van der Waals surface area contributed by atoms with Gasteiger partial charge in [0.15, 0.2) is 0 Å². The lowest BCUT2D eigenvalue weighted by Crippen LogP contribution is -2.56. The van der Waals surface area contributed by atoms with E-state index >= 15 is 0 Å². The second-order valence-corrected chi connectivity index (χ2v) is 6.91. The smallest absolute Gasteiger partial charge is 0.253 e. The number of hydrogen-bond donors (Lipinski definition) is 2. The molecule has 1 spiro atoms. The molecule has 0 unspecified atom stereocenters. The van der Waals surface area contributed by atoms with Crippen molar-refractivity contribution in [3.05, 3.63) is 11.3 Å². The van der Waals surface area contributed by atoms with Gasteiger partial charge in [0.05, 0.1) is 5.57 Å². The van der Waals surface area contributed by atoms with Gasteiger partial charge in [0, 0.05) is 19.6 Å². The molecule has 5 nitrogen and oxygen atoms in total. The Balaban J connectivity index is 2.34. The Labute approximate surface area is 114 Å². The summed E-state index contributed by atoms with van der Waals surface area (Å²) in [5.41, 5.74) is -0.173. The van der Waals surface area contributed by atoms with E-state index < -0.39 is 5.54 Å². The number of hydrogen-bond acceptors (Lipinski definition) is 4. The zero-order chi connectivity index (χ0) is 14.4. The molecule has 1 fully saturated rings. The van der Waals surface area contributed by atoms with Gasteiger partial charge in [-0.3, -0.25) is 4.79 Å². The predicted molar refractivity (Wildman–Crippen MR) is 71.8 cm³/mol. The van der Waals surface area contributed by atoms with Crippen LogP contribution in [0.2, 0.25) is 0 Å². The molecule has 0 aromatic carbocycles. The SMILES string of the molecule is CC1=C(O)C2(CCN(O)CC2)N(CC(C)(C)C)C1=O. The normalized spacial score (nSPS) is 24.7. The van der Waals surface area contributed by atoms with Crippen LogP contribution in [0, 0.1) is 5.41 Å². The molecular weight excluding hydrogens is 244 g/mol. The zero-order valence-electron chi connectivity index (χ0n) is 12.2. The van der Waals surface area contributed by atoms with Crippen LogP contribution in [-0.4, -0.2) is 51.4 Å². The lowest BCUT2D eigenvalue weighted by atomic mass is 9.84. The molecule has 19 heavy (non-hydrogen) atoms. The molecule has 0 atom stereocenters. The average molecular weight is 268 g/mol. The maximum absolute atomic E-state index is 12.4. The van der Waals surface area contributed by atoms with Gasteiger partial charge >= 0.3 is 0 Å². The molecule has 0 saturated carbocycles. The van der Waals surface area contributed by atoms with E-state index in [4.69, 9.17) is 0 Å². The Morgan fingerprint density at radius 3 is 2.26 bits per heavy atom. The van der Waals surface area contributed by atoms with Crippen LogP contribution in [0.25, 0.3) is 0 Å². The largest absolute Gasteiger partial charge is 0.509 e. The number of rotatable bonds is 1. The van der Waals surface area contributed by atoms with E-state index in [1.807, 2.05) is 4.90 Å². The monoisotopic (exact) mass is 268 g/mol. The molecule has 1 saturated heterocycles. The fourth-order valence-corrected chi connectivity index (χ4v) is 3.04. The highest BCUT2D eigenvalue weighted by molar-refractivity contribution is 5.97. The maximum Gasteiger partial charge on any atom is 0.253 e. The number of amides is 1. The summed E-state index contributed by atoms with van der Waals surface area (Å²) in [6, 6.07) is 0. The van der Waals surface area contributed by atoms with Crippen LogP contribution in [0.3, 0.4) is 0 Å². The molecular formula is C14H24N2O3. The fraction of sp³-hybridized carbons (Fsp3) is 0.786. The van der Waals surface area contributed by atoms with E-state index in [2.05, 4.69) is 20.8 Å². The second kappa shape index (κ2) is 4.49. The standard InChI is InChI=1S/C14H24N2O3/c1-10-11(17)14(5-7-15(19)8-6-14)16(12(10)18)9-13(2,3)4/h17,19H,5-9H2,1-4H3. The summed E-state index contributed by atoms with van der Waals surface area (Å²) < 4.78 is 0. The van der Waals surface area contributed by atoms with Gasteiger partial charge in [-0.15, -0.1) is 0 Å². The molecule has 2 heterocycles. The molecule has 2 N–H and O–H groups in total. The molecule has 2 aliphatic rings. The first-order valence-electron chi connectivity index (χ1n) is 6.83. The Hall–Kier alpha value is -1.07. The number of carbonyl (C=O) groups excluding carboxylic acids is 1. The van der Waals surface area contributed by atoms with Crippen molar-refractivity contribution in [2.45, 2.75) is 46.1 Å². The Morgan fingerprint density at radius 2 is 1.79 bits per heavy atom. The fourth-order valence-electron chi connectivity index (χ4n) is 3.04. The van der Waals surface area contributed by atoms with E-state index in [1.165, 1.54) is 5.06 Å². The van der Waals surface area contributed by atoms with Crippen LogP contribution in [0.5, 0.6) is 0 Å². The Bertz CT molecular complexity index is 415. The average Bonchev–Trinajstić information content (AvgIpc) is 2.47.